The summed E-state index contributed by atoms with van der Waals surface area (Å²) in [7, 11) is 3.45. The van der Waals surface area contributed by atoms with Crippen molar-refractivity contribution in [1.82, 2.24) is 14.5 Å². The molecule has 4 rings (SSSR count). The van der Waals surface area contributed by atoms with E-state index in [1.54, 1.807) is 47.5 Å². The molecule has 2 aromatic carbocycles. The second-order valence-corrected chi connectivity index (χ2v) is 8.02. The molecule has 1 aliphatic heterocycles. The molecule has 28 heavy (non-hydrogen) atoms. The van der Waals surface area contributed by atoms with Crippen molar-refractivity contribution in [2.45, 2.75) is 0 Å². The number of aromatic nitrogens is 2. The maximum absolute atomic E-state index is 12.3. The van der Waals surface area contributed by atoms with Crippen LogP contribution in [-0.4, -0.2) is 20.2 Å². The third-order valence-corrected chi connectivity index (χ3v) is 6.12. The van der Waals surface area contributed by atoms with Crippen molar-refractivity contribution in [1.29, 1.82) is 0 Å². The molecule has 0 saturated carbocycles. The van der Waals surface area contributed by atoms with Crippen molar-refractivity contribution < 1.29 is 4.79 Å². The molecular weight excluding hydrogens is 419 g/mol. The van der Waals surface area contributed by atoms with E-state index in [0.717, 1.165) is 16.6 Å². The fourth-order valence-corrected chi connectivity index (χ4v) is 4.11. The van der Waals surface area contributed by atoms with Crippen molar-refractivity contribution in [2.75, 3.05) is 0 Å². The van der Waals surface area contributed by atoms with Gasteiger partial charge in [0.25, 0.3) is 5.91 Å². The van der Waals surface area contributed by atoms with E-state index in [4.69, 9.17) is 23.2 Å². The summed E-state index contributed by atoms with van der Waals surface area (Å²) in [6, 6.07) is 10.7. The van der Waals surface area contributed by atoms with Gasteiger partial charge in [-0.05, 0) is 47.7 Å². The van der Waals surface area contributed by atoms with Crippen LogP contribution in [0.4, 0.5) is 5.69 Å². The number of hydrogen-bond donors (Lipinski definition) is 1. The SMILES string of the molecule is Cn1c(=O)n(C)c2cc(C=C3SC(=Nc4cccc(Cl)c4Cl)NC3=O)ccc21. The molecule has 1 N–H and O–H groups in total. The molecule has 1 amide bonds. The fraction of sp³-hybridized carbons (Fsp3) is 0.105. The number of amides is 1. The summed E-state index contributed by atoms with van der Waals surface area (Å²) < 4.78 is 3.16. The van der Waals surface area contributed by atoms with Gasteiger partial charge in [0.15, 0.2) is 5.17 Å². The predicted octanol–water partition coefficient (Wildman–Crippen LogP) is 4.08. The second-order valence-electron chi connectivity index (χ2n) is 6.20. The molecule has 0 radical (unpaired) electrons. The standard InChI is InChI=1S/C19H14Cl2N4O2S/c1-24-13-7-6-10(8-14(13)25(2)19(24)27)9-15-17(26)23-18(28-15)22-12-5-3-4-11(20)16(12)21/h3-9H,1-2H3,(H,22,23,26). The third-order valence-electron chi connectivity index (χ3n) is 4.40. The summed E-state index contributed by atoms with van der Waals surface area (Å²) in [4.78, 5) is 29.3. The highest BCUT2D eigenvalue weighted by molar-refractivity contribution is 8.18. The number of thioether (sulfide) groups is 1. The summed E-state index contributed by atoms with van der Waals surface area (Å²) in [5.74, 6) is -0.246. The Morgan fingerprint density at radius 3 is 2.61 bits per heavy atom. The van der Waals surface area contributed by atoms with Gasteiger partial charge >= 0.3 is 5.69 Å². The van der Waals surface area contributed by atoms with E-state index < -0.39 is 0 Å². The normalized spacial score (nSPS) is 17.1. The first-order valence-corrected chi connectivity index (χ1v) is 9.81. The fourth-order valence-electron chi connectivity index (χ4n) is 2.93. The molecule has 1 saturated heterocycles. The topological polar surface area (TPSA) is 68.4 Å². The van der Waals surface area contributed by atoms with Crippen LogP contribution in [0.15, 0.2) is 51.1 Å². The van der Waals surface area contributed by atoms with Crippen molar-refractivity contribution in [3.63, 3.8) is 0 Å². The number of benzene rings is 2. The van der Waals surface area contributed by atoms with E-state index in [1.165, 1.54) is 11.8 Å². The average molecular weight is 433 g/mol. The van der Waals surface area contributed by atoms with Gasteiger partial charge in [0.05, 0.1) is 31.7 Å². The number of hydrogen-bond acceptors (Lipinski definition) is 4. The van der Waals surface area contributed by atoms with Gasteiger partial charge in [-0.1, -0.05) is 35.3 Å². The number of nitrogens with zero attached hydrogens (tertiary/aromatic N) is 3. The Bertz CT molecular complexity index is 1260. The number of fused-ring (bicyclic) bond motifs is 1. The van der Waals surface area contributed by atoms with E-state index in [0.29, 0.717) is 25.8 Å². The van der Waals surface area contributed by atoms with Gasteiger partial charge in [-0.15, -0.1) is 0 Å². The summed E-state index contributed by atoms with van der Waals surface area (Å²) in [6.45, 7) is 0. The maximum atomic E-state index is 12.3. The van der Waals surface area contributed by atoms with Gasteiger partial charge in [-0.3, -0.25) is 13.9 Å². The molecule has 0 unspecified atom stereocenters. The molecule has 1 aliphatic rings. The van der Waals surface area contributed by atoms with Crippen molar-refractivity contribution in [3.05, 3.63) is 67.4 Å². The smallest absolute Gasteiger partial charge is 0.300 e. The molecule has 6 nitrogen and oxygen atoms in total. The number of imidazole rings is 1. The molecule has 0 aliphatic carbocycles. The lowest BCUT2D eigenvalue weighted by Crippen LogP contribution is -2.19. The van der Waals surface area contributed by atoms with E-state index >= 15 is 0 Å². The van der Waals surface area contributed by atoms with Crippen LogP contribution in [0.1, 0.15) is 5.56 Å². The Labute approximate surface area is 174 Å². The average Bonchev–Trinajstić information content (AvgIpc) is 3.11. The zero-order chi connectivity index (χ0) is 20.0. The largest absolute Gasteiger partial charge is 0.328 e. The predicted molar refractivity (Wildman–Crippen MR) is 115 cm³/mol. The van der Waals surface area contributed by atoms with Gasteiger partial charge in [0.2, 0.25) is 0 Å². The van der Waals surface area contributed by atoms with Gasteiger partial charge in [0, 0.05) is 14.1 Å². The van der Waals surface area contributed by atoms with E-state index in [1.807, 2.05) is 18.2 Å². The van der Waals surface area contributed by atoms with E-state index in [2.05, 4.69) is 10.3 Å². The minimum atomic E-state index is -0.246. The van der Waals surface area contributed by atoms with E-state index in [-0.39, 0.29) is 11.6 Å². The number of amidine groups is 1. The number of aryl methyl sites for hydroxylation is 2. The molecule has 2 heterocycles. The summed E-state index contributed by atoms with van der Waals surface area (Å²) in [6.07, 6.45) is 1.76. The highest BCUT2D eigenvalue weighted by Gasteiger charge is 2.24. The Hall–Kier alpha value is -2.48. The zero-order valence-electron chi connectivity index (χ0n) is 14.9. The molecule has 0 spiro atoms. The molecule has 142 valence electrons. The molecule has 3 aromatic rings. The summed E-state index contributed by atoms with van der Waals surface area (Å²) >= 11 is 13.4. The highest BCUT2D eigenvalue weighted by atomic mass is 35.5. The van der Waals surface area contributed by atoms with Crippen LogP contribution < -0.4 is 11.0 Å². The monoisotopic (exact) mass is 432 g/mol. The lowest BCUT2D eigenvalue weighted by molar-refractivity contribution is -0.115. The number of halogens is 2. The number of carbonyl (C=O) groups is 1. The van der Waals surface area contributed by atoms with Crippen LogP contribution in [0.25, 0.3) is 17.1 Å². The van der Waals surface area contributed by atoms with Gasteiger partial charge in [-0.25, -0.2) is 9.79 Å². The first-order valence-electron chi connectivity index (χ1n) is 8.24. The van der Waals surface area contributed by atoms with Crippen LogP contribution in [0.3, 0.4) is 0 Å². The van der Waals surface area contributed by atoms with Crippen LogP contribution in [0.5, 0.6) is 0 Å². The molecule has 0 atom stereocenters. The first kappa shape index (κ1) is 18.9. The Balaban J connectivity index is 1.67. The maximum Gasteiger partial charge on any atom is 0.328 e. The summed E-state index contributed by atoms with van der Waals surface area (Å²) in [5, 5.41) is 3.88. The van der Waals surface area contributed by atoms with Crippen LogP contribution >= 0.6 is 35.0 Å². The third kappa shape index (κ3) is 3.26. The Kier molecular flexibility index (Phi) is 4.82. The van der Waals surface area contributed by atoms with Gasteiger partial charge in [-0.2, -0.15) is 0 Å². The van der Waals surface area contributed by atoms with Crippen molar-refractivity contribution >= 4 is 68.8 Å². The van der Waals surface area contributed by atoms with E-state index in [9.17, 15) is 9.59 Å². The zero-order valence-corrected chi connectivity index (χ0v) is 17.2. The minimum absolute atomic E-state index is 0.0967. The van der Waals surface area contributed by atoms with Crippen molar-refractivity contribution in [3.8, 4) is 0 Å². The number of nitrogens with one attached hydrogen (secondary N) is 1. The minimum Gasteiger partial charge on any atom is -0.300 e. The van der Waals surface area contributed by atoms with Crippen LogP contribution in [-0.2, 0) is 18.9 Å². The molecular formula is C19H14Cl2N4O2S. The summed E-state index contributed by atoms with van der Waals surface area (Å²) in [5.41, 5.74) is 2.83. The Morgan fingerprint density at radius 2 is 1.82 bits per heavy atom. The van der Waals surface area contributed by atoms with Crippen LogP contribution in [0.2, 0.25) is 10.0 Å². The molecule has 0 bridgehead atoms. The van der Waals surface area contributed by atoms with Crippen molar-refractivity contribution in [2.24, 2.45) is 19.1 Å². The van der Waals surface area contributed by atoms with Gasteiger partial charge < -0.3 is 5.32 Å². The Morgan fingerprint density at radius 1 is 1.07 bits per heavy atom. The quantitative estimate of drug-likeness (QED) is 0.620. The second kappa shape index (κ2) is 7.16. The lowest BCUT2D eigenvalue weighted by Gasteiger charge is -2.01. The highest BCUT2D eigenvalue weighted by Crippen LogP contribution is 2.34. The van der Waals surface area contributed by atoms with Crippen LogP contribution in [0, 0.1) is 0 Å². The molecule has 9 heteroatoms. The molecule has 1 fully saturated rings. The molecule has 1 aromatic heterocycles. The number of aliphatic imine (C=N–C) groups is 1. The number of carbonyl (C=O) groups excluding carboxylic acids is 1. The lowest BCUT2D eigenvalue weighted by atomic mass is 10.2. The van der Waals surface area contributed by atoms with Gasteiger partial charge in [0.1, 0.15) is 0 Å². The first-order chi connectivity index (χ1) is 13.3. The number of rotatable bonds is 2.